The van der Waals surface area contributed by atoms with Gasteiger partial charge in [-0.1, -0.05) is 41.9 Å². The molecule has 0 aromatic heterocycles. The van der Waals surface area contributed by atoms with Crippen LogP contribution in [-0.2, 0) is 16.1 Å². The molecule has 27 heavy (non-hydrogen) atoms. The molecule has 1 atom stereocenters. The zero-order chi connectivity index (χ0) is 19.6. The number of likely N-dealkylation sites (N-methyl/N-ethyl adjacent to an activating group) is 1. The van der Waals surface area contributed by atoms with E-state index < -0.39 is 6.04 Å². The monoisotopic (exact) mass is 388 g/mol. The Morgan fingerprint density at radius 3 is 2.41 bits per heavy atom. The summed E-state index contributed by atoms with van der Waals surface area (Å²) < 4.78 is 5.63. The maximum atomic E-state index is 12.8. The van der Waals surface area contributed by atoms with Gasteiger partial charge in [0.1, 0.15) is 11.8 Å². The second-order valence-electron chi connectivity index (χ2n) is 6.20. The topological polar surface area (TPSA) is 58.6 Å². The Morgan fingerprint density at radius 1 is 1.11 bits per heavy atom. The fourth-order valence-electron chi connectivity index (χ4n) is 2.65. The molecule has 0 radical (unpaired) electrons. The van der Waals surface area contributed by atoms with Crippen LogP contribution in [-0.4, -0.2) is 36.4 Å². The van der Waals surface area contributed by atoms with Crippen molar-refractivity contribution in [1.29, 1.82) is 0 Å². The summed E-state index contributed by atoms with van der Waals surface area (Å²) in [6.07, 6.45) is 0.882. The second-order valence-corrected chi connectivity index (χ2v) is 6.64. The van der Waals surface area contributed by atoms with Crippen LogP contribution in [0.25, 0.3) is 0 Å². The molecule has 0 spiro atoms. The van der Waals surface area contributed by atoms with Crippen molar-refractivity contribution in [2.24, 2.45) is 0 Å². The van der Waals surface area contributed by atoms with Crippen molar-refractivity contribution < 1.29 is 14.3 Å². The number of ether oxygens (including phenoxy) is 1. The lowest BCUT2D eigenvalue weighted by atomic mass is 10.1. The summed E-state index contributed by atoms with van der Waals surface area (Å²) in [6.45, 7) is 2.52. The van der Waals surface area contributed by atoms with E-state index >= 15 is 0 Å². The Morgan fingerprint density at radius 2 is 1.78 bits per heavy atom. The van der Waals surface area contributed by atoms with E-state index in [9.17, 15) is 9.59 Å². The highest BCUT2D eigenvalue weighted by atomic mass is 35.5. The van der Waals surface area contributed by atoms with Gasteiger partial charge < -0.3 is 15.0 Å². The fourth-order valence-corrected chi connectivity index (χ4v) is 2.78. The molecule has 0 aliphatic rings. The summed E-state index contributed by atoms with van der Waals surface area (Å²) in [7, 11) is 1.57. The van der Waals surface area contributed by atoms with Crippen molar-refractivity contribution in [2.45, 2.75) is 32.4 Å². The van der Waals surface area contributed by atoms with E-state index in [2.05, 4.69) is 5.32 Å². The highest BCUT2D eigenvalue weighted by Gasteiger charge is 2.25. The van der Waals surface area contributed by atoms with Gasteiger partial charge in [0.05, 0.1) is 6.61 Å². The Labute approximate surface area is 165 Å². The second kappa shape index (κ2) is 10.6. The first-order valence-electron chi connectivity index (χ1n) is 8.94. The van der Waals surface area contributed by atoms with Crippen LogP contribution in [0.3, 0.4) is 0 Å². The molecule has 6 heteroatoms. The van der Waals surface area contributed by atoms with Crippen LogP contribution in [0.5, 0.6) is 5.75 Å². The fraction of sp³-hybridized carbons (Fsp3) is 0.333. The highest BCUT2D eigenvalue weighted by molar-refractivity contribution is 6.30. The molecule has 0 saturated carbocycles. The lowest BCUT2D eigenvalue weighted by Gasteiger charge is -2.28. The number of halogens is 1. The third-order valence-electron chi connectivity index (χ3n) is 4.23. The number of nitrogens with zero attached hydrogens (tertiary/aromatic N) is 1. The molecule has 0 bridgehead atoms. The smallest absolute Gasteiger partial charge is 0.242 e. The summed E-state index contributed by atoms with van der Waals surface area (Å²) in [4.78, 5) is 26.4. The van der Waals surface area contributed by atoms with Crippen LogP contribution in [0.1, 0.15) is 25.3 Å². The molecule has 2 aromatic carbocycles. The number of benzene rings is 2. The van der Waals surface area contributed by atoms with Crippen molar-refractivity contribution in [1.82, 2.24) is 10.2 Å². The molecule has 2 rings (SSSR count). The largest absolute Gasteiger partial charge is 0.494 e. The van der Waals surface area contributed by atoms with Gasteiger partial charge in [-0.15, -0.1) is 0 Å². The standard InChI is InChI=1S/C21H25ClN2O3/c1-16(21(26)23-2)24(15-17-10-12-18(22)13-11-17)20(25)9-6-14-27-19-7-4-3-5-8-19/h3-5,7-8,10-13,16H,6,9,14-15H2,1-2H3,(H,23,26)/t16-/m1/s1. The molecule has 5 nitrogen and oxygen atoms in total. The van der Waals surface area contributed by atoms with Gasteiger partial charge in [-0.2, -0.15) is 0 Å². The normalized spacial score (nSPS) is 11.5. The van der Waals surface area contributed by atoms with Gasteiger partial charge in [-0.25, -0.2) is 0 Å². The molecular formula is C21H25ClN2O3. The van der Waals surface area contributed by atoms with E-state index in [1.54, 1.807) is 31.0 Å². The number of carbonyl (C=O) groups excluding carboxylic acids is 2. The molecule has 0 aliphatic heterocycles. The maximum Gasteiger partial charge on any atom is 0.242 e. The molecular weight excluding hydrogens is 364 g/mol. The molecule has 2 aromatic rings. The number of amides is 2. The minimum absolute atomic E-state index is 0.0855. The van der Waals surface area contributed by atoms with Gasteiger partial charge in [0.25, 0.3) is 0 Å². The number of hydrogen-bond acceptors (Lipinski definition) is 3. The first-order chi connectivity index (χ1) is 13.0. The number of hydrogen-bond donors (Lipinski definition) is 1. The summed E-state index contributed by atoms with van der Waals surface area (Å²) in [6, 6.07) is 16.2. The lowest BCUT2D eigenvalue weighted by Crippen LogP contribution is -2.46. The molecule has 2 amide bonds. The van der Waals surface area contributed by atoms with E-state index in [1.165, 1.54) is 0 Å². The zero-order valence-corrected chi connectivity index (χ0v) is 16.4. The lowest BCUT2D eigenvalue weighted by molar-refractivity contribution is -0.140. The van der Waals surface area contributed by atoms with Crippen molar-refractivity contribution in [3.8, 4) is 5.75 Å². The van der Waals surface area contributed by atoms with Crippen LogP contribution in [0.4, 0.5) is 0 Å². The average Bonchev–Trinajstić information content (AvgIpc) is 2.70. The number of rotatable bonds is 9. The highest BCUT2D eigenvalue weighted by Crippen LogP contribution is 2.15. The average molecular weight is 389 g/mol. The predicted molar refractivity (Wildman–Crippen MR) is 107 cm³/mol. The van der Waals surface area contributed by atoms with Crippen molar-refractivity contribution >= 4 is 23.4 Å². The van der Waals surface area contributed by atoms with E-state index in [4.69, 9.17) is 16.3 Å². The number of nitrogens with one attached hydrogen (secondary N) is 1. The Kier molecular flexibility index (Phi) is 8.14. The van der Waals surface area contributed by atoms with Gasteiger partial charge in [-0.3, -0.25) is 9.59 Å². The van der Waals surface area contributed by atoms with Crippen molar-refractivity contribution in [2.75, 3.05) is 13.7 Å². The predicted octanol–water partition coefficient (Wildman–Crippen LogP) is 3.66. The minimum atomic E-state index is -0.562. The van der Waals surface area contributed by atoms with E-state index in [0.29, 0.717) is 31.0 Å². The van der Waals surface area contributed by atoms with E-state index in [0.717, 1.165) is 11.3 Å². The third-order valence-corrected chi connectivity index (χ3v) is 4.48. The number of carbonyl (C=O) groups is 2. The Bertz CT molecular complexity index is 735. The molecule has 0 heterocycles. The van der Waals surface area contributed by atoms with Gasteiger partial charge in [0.2, 0.25) is 11.8 Å². The molecule has 0 fully saturated rings. The van der Waals surface area contributed by atoms with Crippen molar-refractivity contribution in [3.05, 3.63) is 65.2 Å². The van der Waals surface area contributed by atoms with Gasteiger partial charge in [-0.05, 0) is 43.2 Å². The molecule has 0 unspecified atom stereocenters. The van der Waals surface area contributed by atoms with Gasteiger partial charge in [0.15, 0.2) is 0 Å². The van der Waals surface area contributed by atoms with Crippen molar-refractivity contribution in [3.63, 3.8) is 0 Å². The van der Waals surface area contributed by atoms with Crippen LogP contribution in [0.2, 0.25) is 5.02 Å². The summed E-state index contributed by atoms with van der Waals surface area (Å²) in [5.74, 6) is 0.497. The Hall–Kier alpha value is -2.53. The molecule has 144 valence electrons. The van der Waals surface area contributed by atoms with Crippen LogP contribution in [0.15, 0.2) is 54.6 Å². The van der Waals surface area contributed by atoms with Crippen LogP contribution >= 0.6 is 11.6 Å². The van der Waals surface area contributed by atoms with E-state index in [-0.39, 0.29) is 11.8 Å². The number of para-hydroxylation sites is 1. The molecule has 0 saturated heterocycles. The summed E-state index contributed by atoms with van der Waals surface area (Å²) in [5, 5.41) is 3.24. The van der Waals surface area contributed by atoms with Gasteiger partial charge >= 0.3 is 0 Å². The van der Waals surface area contributed by atoms with E-state index in [1.807, 2.05) is 42.5 Å². The zero-order valence-electron chi connectivity index (χ0n) is 15.7. The molecule has 1 N–H and O–H groups in total. The van der Waals surface area contributed by atoms with Gasteiger partial charge in [0, 0.05) is 25.0 Å². The maximum absolute atomic E-state index is 12.8. The van der Waals surface area contributed by atoms with Crippen LogP contribution in [0, 0.1) is 0 Å². The quantitative estimate of drug-likeness (QED) is 0.667. The Balaban J connectivity index is 1.95. The minimum Gasteiger partial charge on any atom is -0.494 e. The first-order valence-corrected chi connectivity index (χ1v) is 9.32. The summed E-state index contributed by atoms with van der Waals surface area (Å²) >= 11 is 5.92. The first kappa shape index (κ1) is 20.8. The SMILES string of the molecule is CNC(=O)[C@@H](C)N(Cc1ccc(Cl)cc1)C(=O)CCCOc1ccccc1. The van der Waals surface area contributed by atoms with Crippen LogP contribution < -0.4 is 10.1 Å². The molecule has 0 aliphatic carbocycles. The summed E-state index contributed by atoms with van der Waals surface area (Å²) in [5.41, 5.74) is 0.920. The third kappa shape index (κ3) is 6.61.